The van der Waals surface area contributed by atoms with E-state index in [0.717, 1.165) is 30.2 Å². The van der Waals surface area contributed by atoms with Gasteiger partial charge in [0.2, 0.25) is 5.75 Å². The lowest BCUT2D eigenvalue weighted by Gasteiger charge is -2.16. The van der Waals surface area contributed by atoms with Crippen molar-refractivity contribution in [1.82, 2.24) is 5.32 Å². The van der Waals surface area contributed by atoms with E-state index < -0.39 is 0 Å². The van der Waals surface area contributed by atoms with Gasteiger partial charge in [-0.1, -0.05) is 6.07 Å². The van der Waals surface area contributed by atoms with Crippen molar-refractivity contribution in [2.24, 2.45) is 4.99 Å². The molecule has 0 aliphatic rings. The molecule has 0 fully saturated rings. The molecule has 8 heteroatoms. The average Bonchev–Trinajstić information content (AvgIpc) is 2.78. The zero-order chi connectivity index (χ0) is 21.8. The maximum Gasteiger partial charge on any atom is 0.203 e. The Hall–Kier alpha value is -3.29. The first kappa shape index (κ1) is 23.0. The van der Waals surface area contributed by atoms with Crippen LogP contribution in [0.25, 0.3) is 0 Å². The van der Waals surface area contributed by atoms with Gasteiger partial charge in [-0.15, -0.1) is 0 Å². The Labute approximate surface area is 178 Å². The number of ether oxygens (including phenoxy) is 5. The zero-order valence-electron chi connectivity index (χ0n) is 18.3. The maximum absolute atomic E-state index is 5.76. The van der Waals surface area contributed by atoms with Crippen molar-refractivity contribution < 1.29 is 23.7 Å². The van der Waals surface area contributed by atoms with Gasteiger partial charge in [0.1, 0.15) is 11.5 Å². The molecule has 2 rings (SSSR count). The number of rotatable bonds is 11. The molecule has 0 aliphatic heterocycles. The number of hydrogen-bond donors (Lipinski definition) is 2. The van der Waals surface area contributed by atoms with E-state index in [0.29, 0.717) is 36.4 Å². The van der Waals surface area contributed by atoms with E-state index in [2.05, 4.69) is 15.6 Å². The molecule has 2 aromatic rings. The Bertz CT molecular complexity index is 801. The minimum atomic E-state index is 0.544. The first-order valence-corrected chi connectivity index (χ1v) is 9.77. The molecule has 0 saturated carbocycles. The molecule has 0 radical (unpaired) electrons. The van der Waals surface area contributed by atoms with Gasteiger partial charge in [0, 0.05) is 43.4 Å². The molecule has 0 aliphatic carbocycles. The predicted molar refractivity (Wildman–Crippen MR) is 119 cm³/mol. The molecule has 0 atom stereocenters. The zero-order valence-corrected chi connectivity index (χ0v) is 18.3. The Morgan fingerprint density at radius 2 is 1.60 bits per heavy atom. The molecule has 0 saturated heterocycles. The van der Waals surface area contributed by atoms with Crippen LogP contribution in [0.15, 0.2) is 41.4 Å². The van der Waals surface area contributed by atoms with Crippen molar-refractivity contribution >= 4 is 11.6 Å². The fraction of sp³-hybridized carbons (Fsp3) is 0.409. The first-order chi connectivity index (χ1) is 14.6. The first-order valence-electron chi connectivity index (χ1n) is 9.77. The number of guanidine groups is 1. The second-order valence-corrected chi connectivity index (χ2v) is 6.18. The van der Waals surface area contributed by atoms with E-state index in [-0.39, 0.29) is 0 Å². The van der Waals surface area contributed by atoms with Crippen molar-refractivity contribution in [2.45, 2.75) is 13.3 Å². The van der Waals surface area contributed by atoms with Gasteiger partial charge in [0.15, 0.2) is 17.5 Å². The fourth-order valence-electron chi connectivity index (χ4n) is 2.73. The smallest absolute Gasteiger partial charge is 0.203 e. The van der Waals surface area contributed by atoms with E-state index in [4.69, 9.17) is 23.7 Å². The molecule has 2 N–H and O–H groups in total. The Kier molecular flexibility index (Phi) is 9.44. The molecule has 0 spiro atoms. The number of nitrogens with zero attached hydrogens (tertiary/aromatic N) is 1. The lowest BCUT2D eigenvalue weighted by molar-refractivity contribution is 0.311. The van der Waals surface area contributed by atoms with E-state index >= 15 is 0 Å². The van der Waals surface area contributed by atoms with Crippen LogP contribution >= 0.6 is 0 Å². The lowest BCUT2D eigenvalue weighted by Crippen LogP contribution is -2.30. The van der Waals surface area contributed by atoms with Gasteiger partial charge in [-0.3, -0.25) is 4.99 Å². The number of methoxy groups -OCH3 is 4. The third kappa shape index (κ3) is 6.65. The predicted octanol–water partition coefficient (Wildman–Crippen LogP) is 3.57. The van der Waals surface area contributed by atoms with Crippen LogP contribution < -0.4 is 34.3 Å². The molecule has 8 nitrogen and oxygen atoms in total. The fourth-order valence-corrected chi connectivity index (χ4v) is 2.73. The highest BCUT2D eigenvalue weighted by molar-refractivity contribution is 5.94. The minimum absolute atomic E-state index is 0.544. The summed E-state index contributed by atoms with van der Waals surface area (Å²) >= 11 is 0. The highest BCUT2D eigenvalue weighted by atomic mass is 16.5. The van der Waals surface area contributed by atoms with E-state index in [1.54, 1.807) is 28.4 Å². The summed E-state index contributed by atoms with van der Waals surface area (Å²) in [7, 11) is 6.38. The van der Waals surface area contributed by atoms with Gasteiger partial charge in [-0.2, -0.15) is 0 Å². The summed E-state index contributed by atoms with van der Waals surface area (Å²) in [4.78, 5) is 4.60. The largest absolute Gasteiger partial charge is 0.497 e. The molecule has 0 unspecified atom stereocenters. The van der Waals surface area contributed by atoms with E-state index in [9.17, 15) is 0 Å². The second-order valence-electron chi connectivity index (χ2n) is 6.18. The highest BCUT2D eigenvalue weighted by Gasteiger charge is 2.13. The molecule has 30 heavy (non-hydrogen) atoms. The van der Waals surface area contributed by atoms with Crippen LogP contribution in [-0.2, 0) is 0 Å². The number of benzene rings is 2. The van der Waals surface area contributed by atoms with Gasteiger partial charge in [-0.25, -0.2) is 0 Å². The summed E-state index contributed by atoms with van der Waals surface area (Å²) in [6.45, 7) is 3.90. The average molecular weight is 418 g/mol. The molecule has 0 amide bonds. The molecule has 2 aromatic carbocycles. The highest BCUT2D eigenvalue weighted by Crippen LogP contribution is 2.39. The standard InChI is InChI=1S/C22H31N3O5/c1-6-23-22(24-11-8-12-30-18-10-7-9-17(15-18)26-2)25-16-13-19(27-3)21(29-5)20(14-16)28-4/h7,9-10,13-15H,6,8,11-12H2,1-5H3,(H2,23,24,25). The van der Waals surface area contributed by atoms with Crippen molar-refractivity contribution in [3.05, 3.63) is 36.4 Å². The van der Waals surface area contributed by atoms with Crippen LogP contribution in [0.4, 0.5) is 5.69 Å². The molecule has 0 aromatic heterocycles. The normalized spacial score (nSPS) is 10.9. The van der Waals surface area contributed by atoms with Crippen molar-refractivity contribution in [3.8, 4) is 28.7 Å². The monoisotopic (exact) mass is 417 g/mol. The summed E-state index contributed by atoms with van der Waals surface area (Å²) in [6.07, 6.45) is 0.767. The summed E-state index contributed by atoms with van der Waals surface area (Å²) in [5, 5.41) is 6.50. The number of hydrogen-bond acceptors (Lipinski definition) is 6. The summed E-state index contributed by atoms with van der Waals surface area (Å²) in [5.41, 5.74) is 0.775. The number of aliphatic imine (C=N–C) groups is 1. The molecule has 164 valence electrons. The van der Waals surface area contributed by atoms with Crippen LogP contribution in [0.3, 0.4) is 0 Å². The number of nitrogens with one attached hydrogen (secondary N) is 2. The van der Waals surface area contributed by atoms with E-state index in [1.807, 2.05) is 43.3 Å². The van der Waals surface area contributed by atoms with Crippen LogP contribution in [0.2, 0.25) is 0 Å². The van der Waals surface area contributed by atoms with Crippen LogP contribution in [0.5, 0.6) is 28.7 Å². The van der Waals surface area contributed by atoms with Gasteiger partial charge < -0.3 is 34.3 Å². The summed E-state index contributed by atoms with van der Waals surface area (Å²) < 4.78 is 27.1. The van der Waals surface area contributed by atoms with Crippen LogP contribution in [0, 0.1) is 0 Å². The maximum atomic E-state index is 5.76. The third-order valence-corrected chi connectivity index (χ3v) is 4.15. The summed E-state index contributed by atoms with van der Waals surface area (Å²) in [5.74, 6) is 3.90. The van der Waals surface area contributed by atoms with Crippen molar-refractivity contribution in [1.29, 1.82) is 0 Å². The molecule has 0 bridgehead atoms. The SMILES string of the molecule is CCNC(=NCCCOc1cccc(OC)c1)Nc1cc(OC)c(OC)c(OC)c1. The van der Waals surface area contributed by atoms with E-state index in [1.165, 1.54) is 0 Å². The summed E-state index contributed by atoms with van der Waals surface area (Å²) in [6, 6.07) is 11.2. The Morgan fingerprint density at radius 3 is 2.20 bits per heavy atom. The Morgan fingerprint density at radius 1 is 0.900 bits per heavy atom. The van der Waals surface area contributed by atoms with Gasteiger partial charge >= 0.3 is 0 Å². The van der Waals surface area contributed by atoms with Crippen LogP contribution in [-0.4, -0.2) is 54.1 Å². The van der Waals surface area contributed by atoms with Gasteiger partial charge in [-0.05, 0) is 19.1 Å². The lowest BCUT2D eigenvalue weighted by atomic mass is 10.2. The topological polar surface area (TPSA) is 82.6 Å². The Balaban J connectivity index is 1.97. The molecule has 0 heterocycles. The third-order valence-electron chi connectivity index (χ3n) is 4.15. The quantitative estimate of drug-likeness (QED) is 0.329. The number of anilines is 1. The second kappa shape index (κ2) is 12.3. The van der Waals surface area contributed by atoms with Crippen molar-refractivity contribution in [2.75, 3.05) is 53.5 Å². The molecular weight excluding hydrogens is 386 g/mol. The minimum Gasteiger partial charge on any atom is -0.497 e. The van der Waals surface area contributed by atoms with Crippen LogP contribution in [0.1, 0.15) is 13.3 Å². The van der Waals surface area contributed by atoms with Gasteiger partial charge in [0.05, 0.1) is 35.0 Å². The van der Waals surface area contributed by atoms with Crippen molar-refractivity contribution in [3.63, 3.8) is 0 Å². The molecular formula is C22H31N3O5. The van der Waals surface area contributed by atoms with Gasteiger partial charge in [0.25, 0.3) is 0 Å².